The number of hydrogen-bond acceptors (Lipinski definition) is 3. The highest BCUT2D eigenvalue weighted by molar-refractivity contribution is 5.39. The number of aryl methyl sites for hydroxylation is 1. The Labute approximate surface area is 119 Å². The van der Waals surface area contributed by atoms with Gasteiger partial charge in [-0.05, 0) is 34.2 Å². The number of nitrogens with one attached hydrogen (secondary N) is 1. The summed E-state index contributed by atoms with van der Waals surface area (Å²) in [5.41, 5.74) is 9.20. The van der Waals surface area contributed by atoms with Gasteiger partial charge >= 0.3 is 0 Å². The van der Waals surface area contributed by atoms with Gasteiger partial charge in [0.1, 0.15) is 0 Å². The van der Waals surface area contributed by atoms with Gasteiger partial charge in [-0.3, -0.25) is 5.84 Å². The summed E-state index contributed by atoms with van der Waals surface area (Å²) in [4.78, 5) is 0. The molecule has 0 amide bonds. The molecule has 1 aliphatic rings. The highest BCUT2D eigenvalue weighted by atomic mass is 16.5. The fourth-order valence-corrected chi connectivity index (χ4v) is 2.75. The molecule has 1 heterocycles. The first-order chi connectivity index (χ1) is 9.81. The number of rotatable bonds is 4. The molecule has 104 valence electrons. The highest BCUT2D eigenvalue weighted by Crippen LogP contribution is 2.27. The van der Waals surface area contributed by atoms with Gasteiger partial charge in [0, 0.05) is 0 Å². The molecular weight excluding hydrogens is 248 g/mol. The molecular formula is C17H20N2O. The summed E-state index contributed by atoms with van der Waals surface area (Å²) < 4.78 is 5.47. The summed E-state index contributed by atoms with van der Waals surface area (Å²) in [5, 5.41) is 0. The number of fused-ring (bicyclic) bond motifs is 1. The Bertz CT molecular complexity index is 610. The first-order valence-corrected chi connectivity index (χ1v) is 7.06. The molecule has 0 bridgehead atoms. The number of hydrazine groups is 1. The molecule has 3 heteroatoms. The maximum atomic E-state index is 5.79. The van der Waals surface area contributed by atoms with Gasteiger partial charge in [0.15, 0.2) is 0 Å². The topological polar surface area (TPSA) is 47.3 Å². The van der Waals surface area contributed by atoms with Crippen LogP contribution in [0, 0.1) is 0 Å². The Balaban J connectivity index is 1.96. The lowest BCUT2D eigenvalue weighted by Crippen LogP contribution is -2.29. The van der Waals surface area contributed by atoms with Crippen LogP contribution in [0.1, 0.15) is 40.8 Å². The molecule has 0 aliphatic carbocycles. The SMILES string of the molecule is CCc1cccc(C(NN)c2ccc3c(c2)COC3)c1. The molecule has 0 aromatic heterocycles. The zero-order valence-electron chi connectivity index (χ0n) is 11.7. The molecule has 0 fully saturated rings. The third kappa shape index (κ3) is 2.48. The third-order valence-electron chi connectivity index (χ3n) is 3.94. The van der Waals surface area contributed by atoms with Crippen LogP contribution in [0.25, 0.3) is 0 Å². The van der Waals surface area contributed by atoms with Gasteiger partial charge < -0.3 is 4.74 Å². The predicted octanol–water partition coefficient (Wildman–Crippen LogP) is 2.83. The monoisotopic (exact) mass is 268 g/mol. The minimum atomic E-state index is 0.0207. The van der Waals surface area contributed by atoms with Crippen LogP contribution in [-0.4, -0.2) is 0 Å². The van der Waals surface area contributed by atoms with Crippen LogP contribution < -0.4 is 11.3 Å². The maximum absolute atomic E-state index is 5.79. The van der Waals surface area contributed by atoms with Crippen molar-refractivity contribution in [1.82, 2.24) is 5.43 Å². The first kappa shape index (κ1) is 13.3. The summed E-state index contributed by atoms with van der Waals surface area (Å²) in [6.45, 7) is 3.59. The quantitative estimate of drug-likeness (QED) is 0.662. The predicted molar refractivity (Wildman–Crippen MR) is 79.9 cm³/mol. The molecule has 3 rings (SSSR count). The van der Waals surface area contributed by atoms with E-state index < -0.39 is 0 Å². The van der Waals surface area contributed by atoms with E-state index in [0.717, 1.165) is 13.0 Å². The number of nitrogens with two attached hydrogens (primary N) is 1. The zero-order valence-corrected chi connectivity index (χ0v) is 11.7. The van der Waals surface area contributed by atoms with Crippen molar-refractivity contribution in [2.45, 2.75) is 32.6 Å². The van der Waals surface area contributed by atoms with E-state index in [2.05, 4.69) is 54.8 Å². The molecule has 0 radical (unpaired) electrons. The van der Waals surface area contributed by atoms with Crippen molar-refractivity contribution in [3.63, 3.8) is 0 Å². The van der Waals surface area contributed by atoms with Crippen LogP contribution in [0.2, 0.25) is 0 Å². The first-order valence-electron chi connectivity index (χ1n) is 7.06. The van der Waals surface area contributed by atoms with Gasteiger partial charge in [0.2, 0.25) is 0 Å². The van der Waals surface area contributed by atoms with Gasteiger partial charge in [-0.2, -0.15) is 0 Å². The second-order valence-corrected chi connectivity index (χ2v) is 5.22. The molecule has 3 N–H and O–H groups in total. The zero-order chi connectivity index (χ0) is 13.9. The maximum Gasteiger partial charge on any atom is 0.0725 e. The van der Waals surface area contributed by atoms with Crippen molar-refractivity contribution >= 4 is 0 Å². The molecule has 0 spiro atoms. The van der Waals surface area contributed by atoms with Crippen LogP contribution in [0.3, 0.4) is 0 Å². The van der Waals surface area contributed by atoms with Crippen molar-refractivity contribution in [2.24, 2.45) is 5.84 Å². The number of benzene rings is 2. The molecule has 2 aromatic carbocycles. The smallest absolute Gasteiger partial charge is 0.0725 e. The summed E-state index contributed by atoms with van der Waals surface area (Å²) in [6, 6.07) is 15.1. The number of hydrogen-bond donors (Lipinski definition) is 2. The Kier molecular flexibility index (Phi) is 3.83. The van der Waals surface area contributed by atoms with Crippen LogP contribution >= 0.6 is 0 Å². The van der Waals surface area contributed by atoms with E-state index in [1.165, 1.54) is 27.8 Å². The third-order valence-corrected chi connectivity index (χ3v) is 3.94. The Morgan fingerprint density at radius 2 is 1.90 bits per heavy atom. The Hall–Kier alpha value is -1.68. The average molecular weight is 268 g/mol. The fourth-order valence-electron chi connectivity index (χ4n) is 2.75. The second kappa shape index (κ2) is 5.75. The van der Waals surface area contributed by atoms with E-state index in [0.29, 0.717) is 6.61 Å². The highest BCUT2D eigenvalue weighted by Gasteiger charge is 2.17. The van der Waals surface area contributed by atoms with E-state index >= 15 is 0 Å². The van der Waals surface area contributed by atoms with E-state index in [4.69, 9.17) is 10.6 Å². The molecule has 20 heavy (non-hydrogen) atoms. The van der Waals surface area contributed by atoms with Gasteiger partial charge in [0.25, 0.3) is 0 Å². The van der Waals surface area contributed by atoms with Gasteiger partial charge in [-0.1, -0.05) is 49.4 Å². The van der Waals surface area contributed by atoms with Gasteiger partial charge in [-0.15, -0.1) is 0 Å². The summed E-state index contributed by atoms with van der Waals surface area (Å²) in [7, 11) is 0. The van der Waals surface area contributed by atoms with Crippen molar-refractivity contribution in [2.75, 3.05) is 0 Å². The lowest BCUT2D eigenvalue weighted by Gasteiger charge is -2.18. The van der Waals surface area contributed by atoms with Crippen molar-refractivity contribution in [3.05, 3.63) is 70.3 Å². The van der Waals surface area contributed by atoms with E-state index in [9.17, 15) is 0 Å². The van der Waals surface area contributed by atoms with Crippen molar-refractivity contribution in [1.29, 1.82) is 0 Å². The Morgan fingerprint density at radius 3 is 2.70 bits per heavy atom. The van der Waals surface area contributed by atoms with Crippen molar-refractivity contribution in [3.8, 4) is 0 Å². The van der Waals surface area contributed by atoms with E-state index in [1.54, 1.807) is 0 Å². The normalized spacial score (nSPS) is 15.1. The largest absolute Gasteiger partial charge is 0.372 e. The summed E-state index contributed by atoms with van der Waals surface area (Å²) >= 11 is 0. The fraction of sp³-hybridized carbons (Fsp3) is 0.294. The van der Waals surface area contributed by atoms with E-state index in [-0.39, 0.29) is 6.04 Å². The minimum absolute atomic E-state index is 0.0207. The standard InChI is InChI=1S/C17H20N2O/c1-2-12-4-3-5-13(8-12)17(19-18)14-6-7-15-10-20-11-16(15)9-14/h3-9,17,19H,2,10-11,18H2,1H3. The minimum Gasteiger partial charge on any atom is -0.372 e. The molecule has 3 nitrogen and oxygen atoms in total. The van der Waals surface area contributed by atoms with Crippen molar-refractivity contribution < 1.29 is 4.74 Å². The van der Waals surface area contributed by atoms with Gasteiger partial charge in [0.05, 0.1) is 19.3 Å². The van der Waals surface area contributed by atoms with Crippen LogP contribution in [0.5, 0.6) is 0 Å². The summed E-state index contributed by atoms with van der Waals surface area (Å²) in [6.07, 6.45) is 1.03. The van der Waals surface area contributed by atoms with Crippen LogP contribution in [0.15, 0.2) is 42.5 Å². The molecule has 1 atom stereocenters. The second-order valence-electron chi connectivity index (χ2n) is 5.22. The van der Waals surface area contributed by atoms with Crippen LogP contribution in [-0.2, 0) is 24.4 Å². The molecule has 0 saturated carbocycles. The molecule has 0 saturated heterocycles. The Morgan fingerprint density at radius 1 is 1.10 bits per heavy atom. The number of ether oxygens (including phenoxy) is 1. The average Bonchev–Trinajstić information content (AvgIpc) is 2.96. The summed E-state index contributed by atoms with van der Waals surface area (Å²) in [5.74, 6) is 5.79. The van der Waals surface area contributed by atoms with E-state index in [1.807, 2.05) is 0 Å². The molecule has 2 aromatic rings. The van der Waals surface area contributed by atoms with Gasteiger partial charge in [-0.25, -0.2) is 5.43 Å². The molecule has 1 unspecified atom stereocenters. The lowest BCUT2D eigenvalue weighted by atomic mass is 9.95. The molecule has 1 aliphatic heterocycles. The van der Waals surface area contributed by atoms with Crippen LogP contribution in [0.4, 0.5) is 0 Å². The lowest BCUT2D eigenvalue weighted by molar-refractivity contribution is 0.134.